The van der Waals surface area contributed by atoms with E-state index < -0.39 is 0 Å². The van der Waals surface area contributed by atoms with Crippen molar-refractivity contribution in [3.8, 4) is 5.75 Å². The molecule has 2 nitrogen and oxygen atoms in total. The molecule has 0 saturated carbocycles. The first-order chi connectivity index (χ1) is 8.04. The molecule has 0 bridgehead atoms. The topological polar surface area (TPSA) is 21.3 Å². The highest BCUT2D eigenvalue weighted by atomic mass is 79.9. The maximum atomic E-state index is 5.69. The van der Waals surface area contributed by atoms with Crippen molar-refractivity contribution in [2.24, 2.45) is 5.92 Å². The number of halogens is 1. The number of benzene rings is 1. The Morgan fingerprint density at radius 2 is 2.00 bits per heavy atom. The Kier molecular flexibility index (Phi) is 6.00. The quantitative estimate of drug-likeness (QED) is 0.852. The molecular weight excluding hydrogens is 278 g/mol. The largest absolute Gasteiger partial charge is 0.493 e. The van der Waals surface area contributed by atoms with Crippen LogP contribution in [0, 0.1) is 5.92 Å². The van der Waals surface area contributed by atoms with E-state index in [1.807, 2.05) is 12.1 Å². The van der Waals surface area contributed by atoms with Crippen molar-refractivity contribution in [2.75, 3.05) is 13.2 Å². The van der Waals surface area contributed by atoms with Crippen LogP contribution in [0.2, 0.25) is 0 Å². The summed E-state index contributed by atoms with van der Waals surface area (Å²) in [6.45, 7) is 10.3. The smallest absolute Gasteiger partial charge is 0.120 e. The summed E-state index contributed by atoms with van der Waals surface area (Å²) in [4.78, 5) is 0. The first kappa shape index (κ1) is 14.5. The minimum atomic E-state index is 0.355. The normalized spacial score (nSPS) is 12.8. The highest BCUT2D eigenvalue weighted by molar-refractivity contribution is 9.10. The fourth-order valence-electron chi connectivity index (χ4n) is 1.63. The van der Waals surface area contributed by atoms with E-state index >= 15 is 0 Å². The molecule has 0 radical (unpaired) electrons. The standard InChI is InChI=1S/C14H22BrNO/c1-5-16-11(4)13-7-6-12(8-14(13)15)17-9-10(2)3/h6-8,10-11,16H,5,9H2,1-4H3. The molecule has 96 valence electrons. The van der Waals surface area contributed by atoms with Gasteiger partial charge in [0.2, 0.25) is 0 Å². The van der Waals surface area contributed by atoms with Gasteiger partial charge >= 0.3 is 0 Å². The average molecular weight is 300 g/mol. The molecule has 0 aliphatic rings. The van der Waals surface area contributed by atoms with E-state index in [1.54, 1.807) is 0 Å². The van der Waals surface area contributed by atoms with Crippen LogP contribution in [0.15, 0.2) is 22.7 Å². The van der Waals surface area contributed by atoms with Crippen LogP contribution in [0.1, 0.15) is 39.3 Å². The van der Waals surface area contributed by atoms with Gasteiger partial charge in [0.25, 0.3) is 0 Å². The van der Waals surface area contributed by atoms with Crippen molar-refractivity contribution in [3.05, 3.63) is 28.2 Å². The molecule has 0 amide bonds. The molecule has 0 heterocycles. The van der Waals surface area contributed by atoms with E-state index in [0.29, 0.717) is 12.0 Å². The van der Waals surface area contributed by atoms with Crippen LogP contribution in [-0.2, 0) is 0 Å². The van der Waals surface area contributed by atoms with Crippen molar-refractivity contribution in [1.29, 1.82) is 0 Å². The van der Waals surface area contributed by atoms with E-state index in [0.717, 1.165) is 23.4 Å². The maximum Gasteiger partial charge on any atom is 0.120 e. The van der Waals surface area contributed by atoms with Gasteiger partial charge in [-0.05, 0) is 37.1 Å². The second-order valence-electron chi connectivity index (χ2n) is 4.67. The van der Waals surface area contributed by atoms with Crippen LogP contribution in [0.5, 0.6) is 5.75 Å². The molecule has 17 heavy (non-hydrogen) atoms. The van der Waals surface area contributed by atoms with Gasteiger partial charge in [0, 0.05) is 10.5 Å². The van der Waals surface area contributed by atoms with Crippen LogP contribution in [0.4, 0.5) is 0 Å². The Bertz CT molecular complexity index is 352. The highest BCUT2D eigenvalue weighted by Crippen LogP contribution is 2.27. The molecule has 1 rings (SSSR count). The van der Waals surface area contributed by atoms with Gasteiger partial charge in [0.1, 0.15) is 5.75 Å². The van der Waals surface area contributed by atoms with Gasteiger partial charge in [-0.3, -0.25) is 0 Å². The molecular formula is C14H22BrNO. The first-order valence-corrected chi connectivity index (χ1v) is 6.99. The summed E-state index contributed by atoms with van der Waals surface area (Å²) in [5.41, 5.74) is 1.27. The number of hydrogen-bond donors (Lipinski definition) is 1. The van der Waals surface area contributed by atoms with Gasteiger partial charge in [0.05, 0.1) is 6.61 Å². The van der Waals surface area contributed by atoms with Crippen molar-refractivity contribution < 1.29 is 4.74 Å². The molecule has 0 spiro atoms. The SMILES string of the molecule is CCNC(C)c1ccc(OCC(C)C)cc1Br. The van der Waals surface area contributed by atoms with Gasteiger partial charge < -0.3 is 10.1 Å². The highest BCUT2D eigenvalue weighted by Gasteiger charge is 2.09. The molecule has 1 N–H and O–H groups in total. The van der Waals surface area contributed by atoms with Gasteiger partial charge in [-0.25, -0.2) is 0 Å². The van der Waals surface area contributed by atoms with Gasteiger partial charge in [0.15, 0.2) is 0 Å². The average Bonchev–Trinajstić information content (AvgIpc) is 2.26. The molecule has 1 aromatic rings. The zero-order valence-corrected chi connectivity index (χ0v) is 12.7. The summed E-state index contributed by atoms with van der Waals surface area (Å²) in [5, 5.41) is 3.40. The minimum Gasteiger partial charge on any atom is -0.493 e. The predicted octanol–water partition coefficient (Wildman–Crippen LogP) is 4.15. The number of nitrogens with one attached hydrogen (secondary N) is 1. The maximum absolute atomic E-state index is 5.69. The second-order valence-corrected chi connectivity index (χ2v) is 5.52. The van der Waals surface area contributed by atoms with Gasteiger partial charge in [-0.1, -0.05) is 42.8 Å². The molecule has 0 aromatic heterocycles. The molecule has 0 fully saturated rings. The third-order valence-electron chi connectivity index (χ3n) is 2.53. The Balaban J connectivity index is 2.72. The predicted molar refractivity (Wildman–Crippen MR) is 76.6 cm³/mol. The molecule has 1 atom stereocenters. The van der Waals surface area contributed by atoms with Gasteiger partial charge in [-0.2, -0.15) is 0 Å². The summed E-state index contributed by atoms with van der Waals surface area (Å²) in [5.74, 6) is 1.48. The monoisotopic (exact) mass is 299 g/mol. The Morgan fingerprint density at radius 1 is 1.29 bits per heavy atom. The van der Waals surface area contributed by atoms with Crippen molar-refractivity contribution in [2.45, 2.75) is 33.7 Å². The summed E-state index contributed by atoms with van der Waals surface area (Å²) in [6, 6.07) is 6.56. The third kappa shape index (κ3) is 4.68. The summed E-state index contributed by atoms with van der Waals surface area (Å²) < 4.78 is 6.80. The summed E-state index contributed by atoms with van der Waals surface area (Å²) in [7, 11) is 0. The van der Waals surface area contributed by atoms with Crippen molar-refractivity contribution in [3.63, 3.8) is 0 Å². The van der Waals surface area contributed by atoms with Crippen LogP contribution in [0.25, 0.3) is 0 Å². The Hall–Kier alpha value is -0.540. The first-order valence-electron chi connectivity index (χ1n) is 6.20. The lowest BCUT2D eigenvalue weighted by molar-refractivity contribution is 0.271. The van der Waals surface area contributed by atoms with Crippen LogP contribution in [-0.4, -0.2) is 13.2 Å². The number of ether oxygens (including phenoxy) is 1. The molecule has 1 aromatic carbocycles. The van der Waals surface area contributed by atoms with E-state index in [2.05, 4.69) is 55.0 Å². The zero-order valence-electron chi connectivity index (χ0n) is 11.1. The second kappa shape index (κ2) is 7.02. The Labute approximate surface area is 113 Å². The minimum absolute atomic E-state index is 0.355. The van der Waals surface area contributed by atoms with Crippen LogP contribution >= 0.6 is 15.9 Å². The third-order valence-corrected chi connectivity index (χ3v) is 3.22. The molecule has 0 aliphatic carbocycles. The molecule has 0 saturated heterocycles. The number of rotatable bonds is 6. The lowest BCUT2D eigenvalue weighted by Gasteiger charge is -2.16. The van der Waals surface area contributed by atoms with E-state index in [1.165, 1.54) is 5.56 Å². The van der Waals surface area contributed by atoms with E-state index in [9.17, 15) is 0 Å². The van der Waals surface area contributed by atoms with Crippen molar-refractivity contribution >= 4 is 15.9 Å². The van der Waals surface area contributed by atoms with Crippen molar-refractivity contribution in [1.82, 2.24) is 5.32 Å². The molecule has 1 unspecified atom stereocenters. The Morgan fingerprint density at radius 3 is 2.53 bits per heavy atom. The van der Waals surface area contributed by atoms with E-state index in [4.69, 9.17) is 4.74 Å². The molecule has 3 heteroatoms. The van der Waals surface area contributed by atoms with E-state index in [-0.39, 0.29) is 0 Å². The van der Waals surface area contributed by atoms with Crippen LogP contribution < -0.4 is 10.1 Å². The zero-order chi connectivity index (χ0) is 12.8. The molecule has 0 aliphatic heterocycles. The fourth-order valence-corrected chi connectivity index (χ4v) is 2.33. The number of hydrogen-bond acceptors (Lipinski definition) is 2. The lowest BCUT2D eigenvalue weighted by atomic mass is 10.1. The summed E-state index contributed by atoms with van der Waals surface area (Å²) >= 11 is 3.60. The lowest BCUT2D eigenvalue weighted by Crippen LogP contribution is -2.18. The van der Waals surface area contributed by atoms with Crippen LogP contribution in [0.3, 0.4) is 0 Å². The summed E-state index contributed by atoms with van der Waals surface area (Å²) in [6.07, 6.45) is 0. The van der Waals surface area contributed by atoms with Gasteiger partial charge in [-0.15, -0.1) is 0 Å². The fraction of sp³-hybridized carbons (Fsp3) is 0.571.